The van der Waals surface area contributed by atoms with Gasteiger partial charge in [0.15, 0.2) is 0 Å². The molecule has 3 aromatic carbocycles. The minimum atomic E-state index is -1.12. The number of anilines is 1. The lowest BCUT2D eigenvalue weighted by Gasteiger charge is -2.17. The van der Waals surface area contributed by atoms with E-state index in [4.69, 9.17) is 5.73 Å². The van der Waals surface area contributed by atoms with E-state index in [9.17, 15) is 19.2 Å². The van der Waals surface area contributed by atoms with Crippen LogP contribution in [0.5, 0.6) is 0 Å². The van der Waals surface area contributed by atoms with Gasteiger partial charge in [0, 0.05) is 23.1 Å². The van der Waals surface area contributed by atoms with Gasteiger partial charge in [-0.2, -0.15) is 0 Å². The fraction of sp³-hybridized carbons (Fsp3) is 0.107. The van der Waals surface area contributed by atoms with Crippen LogP contribution in [-0.4, -0.2) is 34.5 Å². The molecule has 0 fully saturated rings. The first-order valence-corrected chi connectivity index (χ1v) is 11.3. The summed E-state index contributed by atoms with van der Waals surface area (Å²) in [6.07, 6.45) is 0.125. The number of pyridine rings is 1. The van der Waals surface area contributed by atoms with Gasteiger partial charge in [-0.25, -0.2) is 4.98 Å². The molecule has 1 unspecified atom stereocenters. The third-order valence-electron chi connectivity index (χ3n) is 5.72. The number of aryl methyl sites for hydroxylation is 1. The van der Waals surface area contributed by atoms with Crippen molar-refractivity contribution in [1.82, 2.24) is 10.3 Å². The van der Waals surface area contributed by atoms with Crippen LogP contribution in [0.3, 0.4) is 0 Å². The Balaban J connectivity index is 1.48. The van der Waals surface area contributed by atoms with Crippen LogP contribution in [0.4, 0.5) is 5.69 Å². The highest BCUT2D eigenvalue weighted by molar-refractivity contribution is 6.38. The molecule has 0 aliphatic carbocycles. The van der Waals surface area contributed by atoms with Gasteiger partial charge in [0.1, 0.15) is 11.7 Å². The van der Waals surface area contributed by atoms with Crippen LogP contribution in [0.2, 0.25) is 0 Å². The van der Waals surface area contributed by atoms with Gasteiger partial charge in [-0.1, -0.05) is 54.6 Å². The maximum Gasteiger partial charge on any atom is 0.287 e. The Hall–Kier alpha value is -4.85. The molecule has 0 aliphatic rings. The van der Waals surface area contributed by atoms with Crippen LogP contribution in [0.1, 0.15) is 32.0 Å². The smallest absolute Gasteiger partial charge is 0.287 e. The van der Waals surface area contributed by atoms with Gasteiger partial charge in [-0.15, -0.1) is 0 Å². The fourth-order valence-electron chi connectivity index (χ4n) is 3.80. The minimum Gasteiger partial charge on any atom is -0.363 e. The number of amides is 3. The number of aromatic nitrogens is 1. The summed E-state index contributed by atoms with van der Waals surface area (Å²) in [5.74, 6) is -2.91. The van der Waals surface area contributed by atoms with Crippen molar-refractivity contribution in [3.8, 4) is 0 Å². The van der Waals surface area contributed by atoms with E-state index < -0.39 is 23.6 Å². The fourth-order valence-corrected chi connectivity index (χ4v) is 3.80. The number of fused-ring (bicyclic) bond motifs is 1. The highest BCUT2D eigenvalue weighted by Crippen LogP contribution is 2.19. The van der Waals surface area contributed by atoms with Crippen LogP contribution in [0, 0.1) is 6.92 Å². The lowest BCUT2D eigenvalue weighted by molar-refractivity contribution is -0.137. The summed E-state index contributed by atoms with van der Waals surface area (Å²) in [7, 11) is 0. The topological polar surface area (TPSA) is 131 Å². The van der Waals surface area contributed by atoms with Crippen molar-refractivity contribution in [1.29, 1.82) is 0 Å². The van der Waals surface area contributed by atoms with Gasteiger partial charge in [0.25, 0.3) is 17.7 Å². The van der Waals surface area contributed by atoms with Crippen LogP contribution in [0.25, 0.3) is 10.9 Å². The van der Waals surface area contributed by atoms with E-state index >= 15 is 0 Å². The number of hydrogen-bond donors (Lipinski definition) is 3. The van der Waals surface area contributed by atoms with Crippen molar-refractivity contribution in [3.63, 3.8) is 0 Å². The zero-order valence-corrected chi connectivity index (χ0v) is 19.5. The van der Waals surface area contributed by atoms with Crippen molar-refractivity contribution in [2.45, 2.75) is 19.4 Å². The predicted molar refractivity (Wildman–Crippen MR) is 136 cm³/mol. The number of hydrogen-bond acceptors (Lipinski definition) is 5. The number of carbonyl (C=O) groups excluding carboxylic acids is 4. The lowest BCUT2D eigenvalue weighted by Crippen LogP contribution is -2.47. The quantitative estimate of drug-likeness (QED) is 0.333. The summed E-state index contributed by atoms with van der Waals surface area (Å²) in [5, 5.41) is 6.35. The van der Waals surface area contributed by atoms with Gasteiger partial charge in [0.2, 0.25) is 5.78 Å². The number of Topliss-reactive ketones (excluding diaryl/α,β-unsaturated/α-hetero) is 1. The zero-order chi connectivity index (χ0) is 25.7. The second-order valence-corrected chi connectivity index (χ2v) is 8.32. The maximum atomic E-state index is 12.9. The van der Waals surface area contributed by atoms with Gasteiger partial charge in [-0.05, 0) is 48.4 Å². The summed E-state index contributed by atoms with van der Waals surface area (Å²) in [4.78, 5) is 53.9. The first kappa shape index (κ1) is 24.3. The number of primary amides is 1. The highest BCUT2D eigenvalue weighted by atomic mass is 16.2. The van der Waals surface area contributed by atoms with E-state index in [0.717, 1.165) is 10.9 Å². The largest absolute Gasteiger partial charge is 0.363 e. The van der Waals surface area contributed by atoms with Gasteiger partial charge in [0.05, 0.1) is 5.52 Å². The number of carbonyl (C=O) groups is 4. The van der Waals surface area contributed by atoms with Crippen molar-refractivity contribution in [2.24, 2.45) is 5.73 Å². The Morgan fingerprint density at radius 3 is 2.31 bits per heavy atom. The number of nitrogens with one attached hydrogen (secondary N) is 2. The third-order valence-corrected chi connectivity index (χ3v) is 5.72. The molecule has 0 aliphatic heterocycles. The van der Waals surface area contributed by atoms with Crippen molar-refractivity contribution in [2.75, 3.05) is 5.32 Å². The normalized spacial score (nSPS) is 11.5. The summed E-state index contributed by atoms with van der Waals surface area (Å²) >= 11 is 0. The summed E-state index contributed by atoms with van der Waals surface area (Å²) in [6.45, 7) is 1.75. The van der Waals surface area contributed by atoms with E-state index in [1.165, 1.54) is 6.07 Å². The standard InChI is InChI=1S/C28H24N4O4/c1-17-15-20(27(35)32-24(25(33)26(29)34)16-18-7-3-2-4-8-18)12-13-21(17)31-28(36)23-14-11-19-9-5-6-10-22(19)30-23/h2-15,24H,16H2,1H3,(H2,29,34)(H,31,36)(H,32,35). The molecule has 8 nitrogen and oxygen atoms in total. The van der Waals surface area contributed by atoms with E-state index in [0.29, 0.717) is 16.8 Å². The summed E-state index contributed by atoms with van der Waals surface area (Å²) in [5.41, 5.74) is 8.36. The number of rotatable bonds is 8. The number of nitrogens with zero attached hydrogens (tertiary/aromatic N) is 1. The first-order valence-electron chi connectivity index (χ1n) is 11.3. The Labute approximate surface area is 207 Å². The molecule has 1 aromatic heterocycles. The van der Waals surface area contributed by atoms with Crippen LogP contribution >= 0.6 is 0 Å². The molecule has 1 heterocycles. The molecule has 0 radical (unpaired) electrons. The Morgan fingerprint density at radius 1 is 0.861 bits per heavy atom. The molecule has 8 heteroatoms. The molecule has 3 amide bonds. The number of benzene rings is 3. The number of nitrogens with two attached hydrogens (primary N) is 1. The average molecular weight is 481 g/mol. The molecule has 1 atom stereocenters. The van der Waals surface area contributed by atoms with Crippen LogP contribution < -0.4 is 16.4 Å². The molecule has 0 saturated carbocycles. The average Bonchev–Trinajstić information content (AvgIpc) is 2.89. The highest BCUT2D eigenvalue weighted by Gasteiger charge is 2.26. The van der Waals surface area contributed by atoms with Crippen LogP contribution in [0.15, 0.2) is 84.9 Å². The van der Waals surface area contributed by atoms with E-state index in [2.05, 4.69) is 15.6 Å². The predicted octanol–water partition coefficient (Wildman–Crippen LogP) is 3.19. The second-order valence-electron chi connectivity index (χ2n) is 8.32. The Bertz CT molecular complexity index is 1470. The van der Waals surface area contributed by atoms with E-state index in [1.807, 2.05) is 36.4 Å². The van der Waals surface area contributed by atoms with Gasteiger partial charge < -0.3 is 16.4 Å². The Kier molecular flexibility index (Phi) is 7.15. The number of ketones is 1. The monoisotopic (exact) mass is 480 g/mol. The van der Waals surface area contributed by atoms with Gasteiger partial charge in [-0.3, -0.25) is 19.2 Å². The molecule has 0 bridgehead atoms. The first-order chi connectivity index (χ1) is 17.3. The molecule has 4 N–H and O–H groups in total. The third kappa shape index (κ3) is 5.61. The van der Waals surface area contributed by atoms with Crippen molar-refractivity contribution in [3.05, 3.63) is 107 Å². The van der Waals surface area contributed by atoms with E-state index in [1.54, 1.807) is 49.4 Å². The van der Waals surface area contributed by atoms with E-state index in [-0.39, 0.29) is 23.6 Å². The zero-order valence-electron chi connectivity index (χ0n) is 19.5. The minimum absolute atomic E-state index is 0.125. The molecular formula is C28H24N4O4. The van der Waals surface area contributed by atoms with Crippen LogP contribution in [-0.2, 0) is 16.0 Å². The maximum absolute atomic E-state index is 12.9. The molecule has 4 rings (SSSR count). The molecule has 36 heavy (non-hydrogen) atoms. The molecule has 0 saturated heterocycles. The van der Waals surface area contributed by atoms with Crippen molar-refractivity contribution < 1.29 is 19.2 Å². The summed E-state index contributed by atoms with van der Waals surface area (Å²) < 4.78 is 0. The van der Waals surface area contributed by atoms with Gasteiger partial charge >= 0.3 is 0 Å². The molecule has 0 spiro atoms. The number of para-hydroxylation sites is 1. The SMILES string of the molecule is Cc1cc(C(=O)NC(Cc2ccccc2)C(=O)C(N)=O)ccc1NC(=O)c1ccc2ccccc2n1. The molecule has 4 aromatic rings. The van der Waals surface area contributed by atoms with Crippen molar-refractivity contribution >= 4 is 40.1 Å². The summed E-state index contributed by atoms with van der Waals surface area (Å²) in [6, 6.07) is 23.6. The molecule has 180 valence electrons. The lowest BCUT2D eigenvalue weighted by atomic mass is 10.0. The molecular weight excluding hydrogens is 456 g/mol. The Morgan fingerprint density at radius 2 is 1.58 bits per heavy atom. The second kappa shape index (κ2) is 10.6.